The second-order valence-corrected chi connectivity index (χ2v) is 4.51. The average Bonchev–Trinajstić information content (AvgIpc) is 2.85. The molecule has 0 saturated carbocycles. The minimum atomic E-state index is 0.0981. The fourth-order valence-corrected chi connectivity index (χ4v) is 2.02. The van der Waals surface area contributed by atoms with Crippen molar-refractivity contribution >= 4 is 28.9 Å². The Morgan fingerprint density at radius 2 is 2.06 bits per heavy atom. The van der Waals surface area contributed by atoms with Gasteiger partial charge >= 0.3 is 0 Å². The Morgan fingerprint density at radius 3 is 2.71 bits per heavy atom. The molecule has 2 nitrogen and oxygen atoms in total. The molecule has 0 aliphatic rings. The van der Waals surface area contributed by atoms with Crippen LogP contribution in [0.1, 0.15) is 25.1 Å². The van der Waals surface area contributed by atoms with Gasteiger partial charge in [0.05, 0.1) is 28.0 Å². The zero-order valence-electron chi connectivity index (χ0n) is 9.41. The maximum Gasteiger partial charge on any atom is 0.125 e. The van der Waals surface area contributed by atoms with E-state index in [4.69, 9.17) is 27.6 Å². The number of hydrogen-bond donors (Lipinski definition) is 1. The summed E-state index contributed by atoms with van der Waals surface area (Å²) in [4.78, 5) is 0. The van der Waals surface area contributed by atoms with Crippen molar-refractivity contribution < 1.29 is 4.42 Å². The van der Waals surface area contributed by atoms with E-state index in [1.165, 1.54) is 0 Å². The van der Waals surface area contributed by atoms with Crippen molar-refractivity contribution in [3.63, 3.8) is 0 Å². The fraction of sp³-hybridized carbons (Fsp3) is 0.231. The predicted octanol–water partition coefficient (Wildman–Crippen LogP) is 5.15. The SMILES string of the molecule is CCC(Nc1cccc(Cl)c1Cl)c1ccco1. The molecule has 0 bridgehead atoms. The molecule has 1 atom stereocenters. The Labute approximate surface area is 111 Å². The standard InChI is InChI=1S/C13H13Cl2NO/c1-2-10(12-7-4-8-17-12)16-11-6-3-5-9(14)13(11)15/h3-8,10,16H,2H2,1H3. The number of halogens is 2. The smallest absolute Gasteiger partial charge is 0.125 e. The van der Waals surface area contributed by atoms with Crippen molar-refractivity contribution in [1.82, 2.24) is 0 Å². The Bertz CT molecular complexity index is 482. The molecule has 17 heavy (non-hydrogen) atoms. The van der Waals surface area contributed by atoms with Crippen molar-refractivity contribution in [2.45, 2.75) is 19.4 Å². The lowest BCUT2D eigenvalue weighted by atomic mass is 10.1. The molecular formula is C13H13Cl2NO. The van der Waals surface area contributed by atoms with E-state index < -0.39 is 0 Å². The molecule has 1 N–H and O–H groups in total. The summed E-state index contributed by atoms with van der Waals surface area (Å²) in [5, 5.41) is 4.42. The molecule has 4 heteroatoms. The molecule has 2 rings (SSSR count). The lowest BCUT2D eigenvalue weighted by Gasteiger charge is -2.17. The van der Waals surface area contributed by atoms with Crippen LogP contribution in [0.3, 0.4) is 0 Å². The van der Waals surface area contributed by atoms with Crippen LogP contribution in [0.15, 0.2) is 41.0 Å². The van der Waals surface area contributed by atoms with E-state index >= 15 is 0 Å². The van der Waals surface area contributed by atoms with Crippen molar-refractivity contribution in [3.8, 4) is 0 Å². The van der Waals surface area contributed by atoms with Gasteiger partial charge in [0, 0.05) is 0 Å². The monoisotopic (exact) mass is 269 g/mol. The molecular weight excluding hydrogens is 257 g/mol. The first kappa shape index (κ1) is 12.3. The molecule has 1 aromatic carbocycles. The number of furan rings is 1. The maximum atomic E-state index is 6.13. The van der Waals surface area contributed by atoms with Gasteiger partial charge in [0.25, 0.3) is 0 Å². The molecule has 0 amide bonds. The first-order valence-electron chi connectivity index (χ1n) is 5.46. The minimum absolute atomic E-state index is 0.0981. The van der Waals surface area contributed by atoms with E-state index in [1.807, 2.05) is 24.3 Å². The number of hydrogen-bond acceptors (Lipinski definition) is 2. The molecule has 0 fully saturated rings. The van der Waals surface area contributed by atoms with Gasteiger partial charge in [0.2, 0.25) is 0 Å². The normalized spacial score (nSPS) is 12.4. The van der Waals surface area contributed by atoms with Crippen LogP contribution in [0.2, 0.25) is 10.0 Å². The number of rotatable bonds is 4. The molecule has 0 aliphatic heterocycles. The van der Waals surface area contributed by atoms with Crippen LogP contribution in [0, 0.1) is 0 Å². The molecule has 0 saturated heterocycles. The van der Waals surface area contributed by atoms with E-state index in [0.29, 0.717) is 10.0 Å². The molecule has 1 unspecified atom stereocenters. The quantitative estimate of drug-likeness (QED) is 0.831. The Balaban J connectivity index is 2.22. The van der Waals surface area contributed by atoms with Gasteiger partial charge in [-0.05, 0) is 30.7 Å². The minimum Gasteiger partial charge on any atom is -0.467 e. The molecule has 1 aromatic heterocycles. The van der Waals surface area contributed by atoms with Gasteiger partial charge in [0.15, 0.2) is 0 Å². The van der Waals surface area contributed by atoms with Gasteiger partial charge < -0.3 is 9.73 Å². The molecule has 0 spiro atoms. The Hall–Kier alpha value is -1.12. The molecule has 1 heterocycles. The average molecular weight is 270 g/mol. The van der Waals surface area contributed by atoms with E-state index in [1.54, 1.807) is 12.3 Å². The van der Waals surface area contributed by atoms with Crippen LogP contribution in [0.5, 0.6) is 0 Å². The maximum absolute atomic E-state index is 6.13. The van der Waals surface area contributed by atoms with Crippen molar-refractivity contribution in [2.24, 2.45) is 0 Å². The van der Waals surface area contributed by atoms with Gasteiger partial charge in [-0.1, -0.05) is 36.2 Å². The van der Waals surface area contributed by atoms with Crippen LogP contribution in [-0.2, 0) is 0 Å². The highest BCUT2D eigenvalue weighted by molar-refractivity contribution is 6.43. The summed E-state index contributed by atoms with van der Waals surface area (Å²) in [7, 11) is 0. The van der Waals surface area contributed by atoms with Gasteiger partial charge in [-0.15, -0.1) is 0 Å². The second kappa shape index (κ2) is 5.48. The van der Waals surface area contributed by atoms with Crippen LogP contribution in [0.25, 0.3) is 0 Å². The lowest BCUT2D eigenvalue weighted by molar-refractivity contribution is 0.474. The van der Waals surface area contributed by atoms with Crippen molar-refractivity contribution in [1.29, 1.82) is 0 Å². The molecule has 0 aliphatic carbocycles. The third kappa shape index (κ3) is 2.76. The van der Waals surface area contributed by atoms with E-state index in [-0.39, 0.29) is 6.04 Å². The summed E-state index contributed by atoms with van der Waals surface area (Å²) in [5.74, 6) is 0.892. The van der Waals surface area contributed by atoms with E-state index in [0.717, 1.165) is 17.9 Å². The van der Waals surface area contributed by atoms with Gasteiger partial charge in [-0.2, -0.15) is 0 Å². The lowest BCUT2D eigenvalue weighted by Crippen LogP contribution is -2.09. The summed E-state index contributed by atoms with van der Waals surface area (Å²) in [6.45, 7) is 2.08. The Kier molecular flexibility index (Phi) is 3.97. The van der Waals surface area contributed by atoms with Crippen LogP contribution < -0.4 is 5.32 Å². The number of nitrogens with one attached hydrogen (secondary N) is 1. The van der Waals surface area contributed by atoms with E-state index in [2.05, 4.69) is 12.2 Å². The first-order chi connectivity index (χ1) is 8.22. The third-order valence-corrected chi connectivity index (χ3v) is 3.40. The summed E-state index contributed by atoms with van der Waals surface area (Å²) in [5.41, 5.74) is 0.822. The van der Waals surface area contributed by atoms with Gasteiger partial charge in [-0.3, -0.25) is 0 Å². The van der Waals surface area contributed by atoms with Crippen LogP contribution in [-0.4, -0.2) is 0 Å². The molecule has 2 aromatic rings. The van der Waals surface area contributed by atoms with E-state index in [9.17, 15) is 0 Å². The summed E-state index contributed by atoms with van der Waals surface area (Å²) in [6.07, 6.45) is 2.57. The first-order valence-corrected chi connectivity index (χ1v) is 6.22. The van der Waals surface area contributed by atoms with Gasteiger partial charge in [-0.25, -0.2) is 0 Å². The van der Waals surface area contributed by atoms with Crippen LogP contribution >= 0.6 is 23.2 Å². The second-order valence-electron chi connectivity index (χ2n) is 3.72. The van der Waals surface area contributed by atoms with Crippen molar-refractivity contribution in [3.05, 3.63) is 52.4 Å². The zero-order chi connectivity index (χ0) is 12.3. The predicted molar refractivity (Wildman–Crippen MR) is 71.8 cm³/mol. The fourth-order valence-electron chi connectivity index (χ4n) is 1.67. The summed E-state index contributed by atoms with van der Waals surface area (Å²) < 4.78 is 5.39. The summed E-state index contributed by atoms with van der Waals surface area (Å²) in [6, 6.07) is 9.45. The topological polar surface area (TPSA) is 25.2 Å². The van der Waals surface area contributed by atoms with Gasteiger partial charge in [0.1, 0.15) is 5.76 Å². The highest BCUT2D eigenvalue weighted by Gasteiger charge is 2.14. The molecule has 90 valence electrons. The highest BCUT2D eigenvalue weighted by atomic mass is 35.5. The third-order valence-electron chi connectivity index (χ3n) is 2.58. The summed E-state index contributed by atoms with van der Waals surface area (Å²) >= 11 is 12.1. The van der Waals surface area contributed by atoms with Crippen LogP contribution in [0.4, 0.5) is 5.69 Å². The number of benzene rings is 1. The Morgan fingerprint density at radius 1 is 1.24 bits per heavy atom. The largest absolute Gasteiger partial charge is 0.467 e. The zero-order valence-corrected chi connectivity index (χ0v) is 10.9. The molecule has 0 radical (unpaired) electrons. The highest BCUT2D eigenvalue weighted by Crippen LogP contribution is 2.32. The van der Waals surface area contributed by atoms with Crippen molar-refractivity contribution in [2.75, 3.05) is 5.32 Å². The number of anilines is 1.